The summed E-state index contributed by atoms with van der Waals surface area (Å²) in [6.07, 6.45) is 12.8. The van der Waals surface area contributed by atoms with Crippen LogP contribution in [0.25, 0.3) is 22.4 Å². The van der Waals surface area contributed by atoms with Gasteiger partial charge in [0.1, 0.15) is 17.6 Å². The van der Waals surface area contributed by atoms with E-state index in [1.54, 1.807) is 0 Å². The molecular weight excluding hydrogens is 424 g/mol. The van der Waals surface area contributed by atoms with E-state index in [0.717, 1.165) is 78.6 Å². The van der Waals surface area contributed by atoms with E-state index in [-0.39, 0.29) is 11.8 Å². The first-order valence-corrected chi connectivity index (χ1v) is 12.7. The SMILES string of the molecule is CNc1cccc2[nH]c(-c3cccc(NC(=O)C4CCCCC4)c3)nc12.O=CC1CCCCC1. The molecule has 2 aromatic carbocycles. The summed E-state index contributed by atoms with van der Waals surface area (Å²) < 4.78 is 0. The Morgan fingerprint density at radius 3 is 2.35 bits per heavy atom. The number of hydrogen-bond acceptors (Lipinski definition) is 4. The maximum atomic E-state index is 12.5. The highest BCUT2D eigenvalue weighted by Crippen LogP contribution is 2.28. The summed E-state index contributed by atoms with van der Waals surface area (Å²) in [5.41, 5.74) is 4.69. The van der Waals surface area contributed by atoms with Gasteiger partial charge >= 0.3 is 0 Å². The van der Waals surface area contributed by atoms with E-state index in [2.05, 4.69) is 15.6 Å². The summed E-state index contributed by atoms with van der Waals surface area (Å²) in [4.78, 5) is 30.8. The van der Waals surface area contributed by atoms with Gasteiger partial charge in [-0.3, -0.25) is 4.79 Å². The molecule has 1 heterocycles. The lowest BCUT2D eigenvalue weighted by Crippen LogP contribution is -2.24. The molecule has 0 aliphatic heterocycles. The van der Waals surface area contributed by atoms with Gasteiger partial charge in [-0.15, -0.1) is 0 Å². The Labute approximate surface area is 201 Å². The van der Waals surface area contributed by atoms with Crippen molar-refractivity contribution in [1.29, 1.82) is 0 Å². The van der Waals surface area contributed by atoms with Crippen molar-refractivity contribution >= 4 is 34.6 Å². The van der Waals surface area contributed by atoms with Crippen molar-refractivity contribution in [2.24, 2.45) is 11.8 Å². The number of aldehydes is 1. The fourth-order valence-electron chi connectivity index (χ4n) is 4.99. The minimum atomic E-state index is 0.143. The van der Waals surface area contributed by atoms with Crippen molar-refractivity contribution in [3.63, 3.8) is 0 Å². The molecule has 34 heavy (non-hydrogen) atoms. The van der Waals surface area contributed by atoms with E-state index in [4.69, 9.17) is 4.98 Å². The highest BCUT2D eigenvalue weighted by atomic mass is 16.1. The lowest BCUT2D eigenvalue weighted by Gasteiger charge is -2.20. The monoisotopic (exact) mass is 460 g/mol. The summed E-state index contributed by atoms with van der Waals surface area (Å²) in [6.45, 7) is 0. The Bertz CT molecular complexity index is 1090. The lowest BCUT2D eigenvalue weighted by atomic mass is 9.88. The topological polar surface area (TPSA) is 86.9 Å². The first-order valence-electron chi connectivity index (χ1n) is 12.7. The summed E-state index contributed by atoms with van der Waals surface area (Å²) in [5, 5.41) is 6.25. The van der Waals surface area contributed by atoms with Crippen LogP contribution in [0.3, 0.4) is 0 Å². The van der Waals surface area contributed by atoms with E-state index in [1.165, 1.54) is 25.7 Å². The lowest BCUT2D eigenvalue weighted by molar-refractivity contribution is -0.120. The van der Waals surface area contributed by atoms with Crippen LogP contribution in [0, 0.1) is 11.8 Å². The van der Waals surface area contributed by atoms with Crippen LogP contribution in [-0.2, 0) is 9.59 Å². The number of hydrogen-bond donors (Lipinski definition) is 3. The molecule has 0 unspecified atom stereocenters. The number of carbonyl (C=O) groups is 2. The van der Waals surface area contributed by atoms with E-state index in [1.807, 2.05) is 49.5 Å². The molecule has 3 aromatic rings. The van der Waals surface area contributed by atoms with Gasteiger partial charge < -0.3 is 20.4 Å². The Balaban J connectivity index is 0.000000291. The predicted molar refractivity (Wildman–Crippen MR) is 139 cm³/mol. The molecule has 0 radical (unpaired) electrons. The second-order valence-corrected chi connectivity index (χ2v) is 9.48. The number of aromatic amines is 1. The van der Waals surface area contributed by atoms with Crippen molar-refractivity contribution in [1.82, 2.24) is 9.97 Å². The smallest absolute Gasteiger partial charge is 0.227 e. The number of benzene rings is 2. The number of carbonyl (C=O) groups excluding carboxylic acids is 2. The van der Waals surface area contributed by atoms with E-state index >= 15 is 0 Å². The largest absolute Gasteiger partial charge is 0.386 e. The normalized spacial score (nSPS) is 17.0. The van der Waals surface area contributed by atoms with Crippen molar-refractivity contribution in [2.75, 3.05) is 17.7 Å². The first-order chi connectivity index (χ1) is 16.7. The molecule has 3 N–H and O–H groups in total. The van der Waals surface area contributed by atoms with Crippen LogP contribution in [-0.4, -0.2) is 29.2 Å². The number of amides is 1. The first kappa shape index (κ1) is 24.0. The number of imidazole rings is 1. The third kappa shape index (κ3) is 6.04. The van der Waals surface area contributed by atoms with E-state index in [0.29, 0.717) is 5.92 Å². The second-order valence-electron chi connectivity index (χ2n) is 9.48. The Morgan fingerprint density at radius 2 is 1.68 bits per heavy atom. The average molecular weight is 461 g/mol. The van der Waals surface area contributed by atoms with Crippen LogP contribution in [0.4, 0.5) is 11.4 Å². The Kier molecular flexibility index (Phi) is 8.34. The van der Waals surface area contributed by atoms with Crippen molar-refractivity contribution in [2.45, 2.75) is 64.2 Å². The molecule has 2 saturated carbocycles. The van der Waals surface area contributed by atoms with E-state index < -0.39 is 0 Å². The van der Waals surface area contributed by atoms with Gasteiger partial charge in [-0.2, -0.15) is 0 Å². The van der Waals surface area contributed by atoms with Crippen molar-refractivity contribution < 1.29 is 9.59 Å². The standard InChI is InChI=1S/C21H24N4O.C7H12O/c1-22-17-11-6-12-18-19(17)25-20(24-18)15-9-5-10-16(13-15)23-21(26)14-7-3-2-4-8-14;8-6-7-4-2-1-3-5-7/h5-6,9-14,22H,2-4,7-8H2,1H3,(H,23,26)(H,24,25);6-7H,1-5H2. The zero-order valence-corrected chi connectivity index (χ0v) is 20.1. The molecule has 2 fully saturated rings. The third-order valence-electron chi connectivity index (χ3n) is 7.00. The number of nitrogens with zero attached hydrogens (tertiary/aromatic N) is 1. The zero-order valence-electron chi connectivity index (χ0n) is 20.1. The summed E-state index contributed by atoms with van der Waals surface area (Å²) in [7, 11) is 1.89. The summed E-state index contributed by atoms with van der Waals surface area (Å²) in [5.74, 6) is 1.50. The van der Waals surface area contributed by atoms with Gasteiger partial charge in [0.15, 0.2) is 0 Å². The molecular formula is C28H36N4O2. The third-order valence-corrected chi connectivity index (χ3v) is 7.00. The van der Waals surface area contributed by atoms with Gasteiger partial charge in [-0.25, -0.2) is 4.98 Å². The maximum Gasteiger partial charge on any atom is 0.227 e. The van der Waals surface area contributed by atoms with Crippen LogP contribution in [0.2, 0.25) is 0 Å². The van der Waals surface area contributed by atoms with Crippen molar-refractivity contribution in [3.8, 4) is 11.4 Å². The van der Waals surface area contributed by atoms with Gasteiger partial charge in [0.05, 0.1) is 11.2 Å². The molecule has 180 valence electrons. The molecule has 5 rings (SSSR count). The van der Waals surface area contributed by atoms with Gasteiger partial charge in [-0.05, 0) is 49.9 Å². The summed E-state index contributed by atoms with van der Waals surface area (Å²) in [6, 6.07) is 13.9. The summed E-state index contributed by atoms with van der Waals surface area (Å²) >= 11 is 0. The average Bonchev–Trinajstić information content (AvgIpc) is 3.35. The second kappa shape index (κ2) is 11.8. The number of nitrogens with one attached hydrogen (secondary N) is 3. The Hall–Kier alpha value is -3.15. The van der Waals surface area contributed by atoms with Crippen LogP contribution in [0.1, 0.15) is 64.2 Å². The number of H-pyrrole nitrogens is 1. The highest BCUT2D eigenvalue weighted by Gasteiger charge is 2.21. The highest BCUT2D eigenvalue weighted by molar-refractivity contribution is 5.94. The molecule has 0 spiro atoms. The fraction of sp³-hybridized carbons (Fsp3) is 0.464. The molecule has 1 amide bonds. The number of para-hydroxylation sites is 1. The molecule has 1 aromatic heterocycles. The maximum absolute atomic E-state index is 12.5. The molecule has 2 aliphatic carbocycles. The zero-order chi connectivity index (χ0) is 23.8. The van der Waals surface area contributed by atoms with Crippen LogP contribution in [0.5, 0.6) is 0 Å². The quantitative estimate of drug-likeness (QED) is 0.377. The number of rotatable bonds is 5. The molecule has 6 nitrogen and oxygen atoms in total. The van der Waals surface area contributed by atoms with Gasteiger partial charge in [0.2, 0.25) is 5.91 Å². The van der Waals surface area contributed by atoms with Crippen LogP contribution < -0.4 is 10.6 Å². The van der Waals surface area contributed by atoms with Gasteiger partial charge in [0.25, 0.3) is 0 Å². The van der Waals surface area contributed by atoms with E-state index in [9.17, 15) is 9.59 Å². The Morgan fingerprint density at radius 1 is 0.971 bits per heavy atom. The van der Waals surface area contributed by atoms with Crippen LogP contribution in [0.15, 0.2) is 42.5 Å². The minimum Gasteiger partial charge on any atom is -0.386 e. The molecule has 6 heteroatoms. The number of fused-ring (bicyclic) bond motifs is 1. The number of anilines is 2. The molecule has 0 bridgehead atoms. The molecule has 0 atom stereocenters. The van der Waals surface area contributed by atoms with Gasteiger partial charge in [-0.1, -0.05) is 56.7 Å². The fourth-order valence-corrected chi connectivity index (χ4v) is 4.99. The molecule has 2 aliphatic rings. The van der Waals surface area contributed by atoms with Crippen LogP contribution >= 0.6 is 0 Å². The predicted octanol–water partition coefficient (Wildman–Crippen LogP) is 6.56. The minimum absolute atomic E-state index is 0.143. The van der Waals surface area contributed by atoms with Crippen molar-refractivity contribution in [3.05, 3.63) is 42.5 Å². The number of aromatic nitrogens is 2. The molecule has 0 saturated heterocycles. The van der Waals surface area contributed by atoms with Gasteiger partial charge in [0, 0.05) is 30.1 Å².